The van der Waals surface area contributed by atoms with Crippen LogP contribution in [0.25, 0.3) is 0 Å². The highest BCUT2D eigenvalue weighted by Crippen LogP contribution is 2.23. The van der Waals surface area contributed by atoms with Gasteiger partial charge in [-0.3, -0.25) is 9.10 Å². The Hall–Kier alpha value is -2.87. The molecule has 2 aromatic carbocycles. The molecular formula is C23H30N2O5S. The average molecular weight is 447 g/mol. The molecule has 2 aromatic rings. The molecule has 0 heterocycles. The second-order valence-electron chi connectivity index (χ2n) is 7.53. The molecule has 0 aromatic heterocycles. The van der Waals surface area contributed by atoms with Gasteiger partial charge in [-0.25, -0.2) is 13.2 Å². The van der Waals surface area contributed by atoms with Crippen molar-refractivity contribution in [1.82, 2.24) is 0 Å². The van der Waals surface area contributed by atoms with Crippen LogP contribution in [0, 0.1) is 20.8 Å². The molecule has 0 bridgehead atoms. The molecule has 7 nitrogen and oxygen atoms in total. The molecule has 1 N–H and O–H groups in total. The van der Waals surface area contributed by atoms with Gasteiger partial charge in [0.15, 0.2) is 0 Å². The molecule has 1 amide bonds. The van der Waals surface area contributed by atoms with Crippen LogP contribution in [0.1, 0.15) is 46.8 Å². The molecular weight excluding hydrogens is 416 g/mol. The van der Waals surface area contributed by atoms with E-state index < -0.39 is 16.0 Å². The third-order valence-corrected chi connectivity index (χ3v) is 5.96. The van der Waals surface area contributed by atoms with E-state index in [1.54, 1.807) is 32.0 Å². The minimum atomic E-state index is -3.49. The molecule has 2 rings (SSSR count). The summed E-state index contributed by atoms with van der Waals surface area (Å²) < 4.78 is 31.0. The van der Waals surface area contributed by atoms with Crippen molar-refractivity contribution in [2.24, 2.45) is 0 Å². The summed E-state index contributed by atoms with van der Waals surface area (Å²) in [7, 11) is -3.49. The lowest BCUT2D eigenvalue weighted by Crippen LogP contribution is -2.31. The van der Waals surface area contributed by atoms with Crippen LogP contribution in [0.3, 0.4) is 0 Å². The highest BCUT2D eigenvalue weighted by Gasteiger charge is 2.19. The van der Waals surface area contributed by atoms with E-state index in [2.05, 4.69) is 5.32 Å². The number of benzene rings is 2. The fourth-order valence-corrected chi connectivity index (χ4v) is 4.33. The van der Waals surface area contributed by atoms with Gasteiger partial charge in [-0.1, -0.05) is 12.1 Å². The number of nitrogens with zero attached hydrogens (tertiary/aromatic N) is 1. The Morgan fingerprint density at radius 2 is 1.71 bits per heavy atom. The van der Waals surface area contributed by atoms with Gasteiger partial charge in [0.1, 0.15) is 0 Å². The number of carbonyl (C=O) groups is 2. The summed E-state index contributed by atoms with van der Waals surface area (Å²) in [5.74, 6) is -0.689. The predicted octanol–water partition coefficient (Wildman–Crippen LogP) is 3.97. The fourth-order valence-electron chi connectivity index (χ4n) is 3.38. The van der Waals surface area contributed by atoms with E-state index in [-0.39, 0.29) is 25.5 Å². The third-order valence-electron chi connectivity index (χ3n) is 4.76. The number of amides is 1. The molecule has 0 aliphatic heterocycles. The summed E-state index contributed by atoms with van der Waals surface area (Å²) >= 11 is 0. The van der Waals surface area contributed by atoms with Crippen molar-refractivity contribution in [1.29, 1.82) is 0 Å². The third kappa shape index (κ3) is 6.82. The topological polar surface area (TPSA) is 92.8 Å². The number of anilines is 2. The summed E-state index contributed by atoms with van der Waals surface area (Å²) in [5.41, 5.74) is 4.10. The highest BCUT2D eigenvalue weighted by molar-refractivity contribution is 7.92. The number of hydrogen-bond acceptors (Lipinski definition) is 5. The van der Waals surface area contributed by atoms with E-state index in [4.69, 9.17) is 4.74 Å². The number of rotatable bonds is 9. The van der Waals surface area contributed by atoms with E-state index in [0.29, 0.717) is 28.9 Å². The lowest BCUT2D eigenvalue weighted by molar-refractivity contribution is -0.116. The predicted molar refractivity (Wildman–Crippen MR) is 123 cm³/mol. The molecule has 0 aliphatic carbocycles. The number of ether oxygens (including phenoxy) is 1. The minimum Gasteiger partial charge on any atom is -0.462 e. The maximum atomic E-state index is 12.5. The van der Waals surface area contributed by atoms with Crippen LogP contribution >= 0.6 is 0 Å². The fraction of sp³-hybridized carbons (Fsp3) is 0.391. The van der Waals surface area contributed by atoms with Crippen LogP contribution in [0.15, 0.2) is 36.4 Å². The summed E-state index contributed by atoms with van der Waals surface area (Å²) in [6, 6.07) is 10.7. The number of carbonyl (C=O) groups excluding carboxylic acids is 2. The summed E-state index contributed by atoms with van der Waals surface area (Å²) in [6.45, 7) is 7.77. The van der Waals surface area contributed by atoms with Crippen molar-refractivity contribution in [3.8, 4) is 0 Å². The average Bonchev–Trinajstić information content (AvgIpc) is 2.65. The second kappa shape index (κ2) is 10.4. The van der Waals surface area contributed by atoms with Crippen LogP contribution in [0.5, 0.6) is 0 Å². The van der Waals surface area contributed by atoms with Crippen LogP contribution in [-0.2, 0) is 19.6 Å². The smallest absolute Gasteiger partial charge is 0.338 e. The first-order valence-corrected chi connectivity index (χ1v) is 12.0. The van der Waals surface area contributed by atoms with Crippen molar-refractivity contribution in [3.05, 3.63) is 58.7 Å². The van der Waals surface area contributed by atoms with Gasteiger partial charge in [-0.05, 0) is 75.1 Å². The first kappa shape index (κ1) is 24.4. The molecule has 0 spiro atoms. The van der Waals surface area contributed by atoms with Gasteiger partial charge >= 0.3 is 5.97 Å². The Labute approximate surface area is 184 Å². The molecule has 8 heteroatoms. The first-order valence-electron chi connectivity index (χ1n) is 10.2. The van der Waals surface area contributed by atoms with E-state index in [1.165, 1.54) is 4.31 Å². The lowest BCUT2D eigenvalue weighted by atomic mass is 10.1. The van der Waals surface area contributed by atoms with Gasteiger partial charge < -0.3 is 10.1 Å². The van der Waals surface area contributed by atoms with E-state index in [0.717, 1.165) is 17.4 Å². The number of sulfonamides is 1. The van der Waals surface area contributed by atoms with Gasteiger partial charge in [0.2, 0.25) is 15.9 Å². The summed E-state index contributed by atoms with van der Waals surface area (Å²) in [6.07, 6.45) is 1.65. The second-order valence-corrected chi connectivity index (χ2v) is 9.44. The van der Waals surface area contributed by atoms with Gasteiger partial charge in [0.05, 0.1) is 24.1 Å². The zero-order valence-corrected chi connectivity index (χ0v) is 19.5. The van der Waals surface area contributed by atoms with E-state index >= 15 is 0 Å². The van der Waals surface area contributed by atoms with Crippen molar-refractivity contribution in [2.75, 3.05) is 29.0 Å². The zero-order chi connectivity index (χ0) is 23.2. The number of hydrogen-bond donors (Lipinski definition) is 1. The maximum Gasteiger partial charge on any atom is 0.338 e. The standard InChI is InChI=1S/C23H30N2O5S/c1-6-30-23(27)20-9-7-10-21(18(20)4)24-22(26)11-8-12-25(31(5,28)29)19-14-16(2)13-17(3)15-19/h7,9-10,13-15H,6,8,11-12H2,1-5H3,(H,24,26). The Morgan fingerprint density at radius 3 is 2.29 bits per heavy atom. The Balaban J connectivity index is 2.05. The molecule has 0 radical (unpaired) electrons. The van der Waals surface area contributed by atoms with Crippen LogP contribution in [0.2, 0.25) is 0 Å². The van der Waals surface area contributed by atoms with Gasteiger partial charge in [-0.2, -0.15) is 0 Å². The largest absolute Gasteiger partial charge is 0.462 e. The highest BCUT2D eigenvalue weighted by atomic mass is 32.2. The number of esters is 1. The van der Waals surface area contributed by atoms with Crippen molar-refractivity contribution in [2.45, 2.75) is 40.5 Å². The molecule has 0 unspecified atom stereocenters. The van der Waals surface area contributed by atoms with Gasteiger partial charge in [0.25, 0.3) is 0 Å². The Morgan fingerprint density at radius 1 is 1.06 bits per heavy atom. The molecule has 31 heavy (non-hydrogen) atoms. The van der Waals surface area contributed by atoms with Gasteiger partial charge in [-0.15, -0.1) is 0 Å². The minimum absolute atomic E-state index is 0.139. The summed E-state index contributed by atoms with van der Waals surface area (Å²) in [4.78, 5) is 24.5. The van der Waals surface area contributed by atoms with Gasteiger partial charge in [0, 0.05) is 18.7 Å². The molecule has 0 saturated heterocycles. The molecule has 0 fully saturated rings. The van der Waals surface area contributed by atoms with Crippen LogP contribution < -0.4 is 9.62 Å². The van der Waals surface area contributed by atoms with Crippen molar-refractivity contribution in [3.63, 3.8) is 0 Å². The number of nitrogens with one attached hydrogen (secondary N) is 1. The maximum absolute atomic E-state index is 12.5. The van der Waals surface area contributed by atoms with Crippen LogP contribution in [-0.4, -0.2) is 39.7 Å². The normalized spacial score (nSPS) is 11.1. The van der Waals surface area contributed by atoms with E-state index in [1.807, 2.05) is 32.0 Å². The van der Waals surface area contributed by atoms with E-state index in [9.17, 15) is 18.0 Å². The molecule has 0 aliphatic rings. The molecule has 0 atom stereocenters. The SMILES string of the molecule is CCOC(=O)c1cccc(NC(=O)CCCN(c2cc(C)cc(C)c2)S(C)(=O)=O)c1C. The Bertz CT molecular complexity index is 1040. The zero-order valence-electron chi connectivity index (χ0n) is 18.7. The summed E-state index contributed by atoms with van der Waals surface area (Å²) in [5, 5.41) is 2.80. The van der Waals surface area contributed by atoms with Crippen LogP contribution in [0.4, 0.5) is 11.4 Å². The lowest BCUT2D eigenvalue weighted by Gasteiger charge is -2.23. The quantitative estimate of drug-likeness (QED) is 0.588. The Kier molecular flexibility index (Phi) is 8.21. The monoisotopic (exact) mass is 446 g/mol. The van der Waals surface area contributed by atoms with Crippen molar-refractivity contribution >= 4 is 33.3 Å². The molecule has 168 valence electrons. The molecule has 0 saturated carbocycles. The first-order chi connectivity index (χ1) is 14.5. The van der Waals surface area contributed by atoms with Crippen molar-refractivity contribution < 1.29 is 22.7 Å². The number of aryl methyl sites for hydroxylation is 2.